The predicted molar refractivity (Wildman–Crippen MR) is 89.6 cm³/mol. The van der Waals surface area contributed by atoms with Crippen molar-refractivity contribution in [1.29, 1.82) is 0 Å². The first-order valence-corrected chi connectivity index (χ1v) is 8.32. The monoisotopic (exact) mass is 348 g/mol. The van der Waals surface area contributed by atoms with Crippen LogP contribution in [0.15, 0.2) is 12.1 Å². The van der Waals surface area contributed by atoms with E-state index in [9.17, 15) is 4.79 Å². The van der Waals surface area contributed by atoms with Crippen LogP contribution in [0.25, 0.3) is 0 Å². The largest absolute Gasteiger partial charge is 0.323 e. The maximum atomic E-state index is 12.4. The van der Waals surface area contributed by atoms with Crippen molar-refractivity contribution in [1.82, 2.24) is 4.90 Å². The topological polar surface area (TPSA) is 32.3 Å². The summed E-state index contributed by atoms with van der Waals surface area (Å²) in [5.41, 5.74) is 0.498. The van der Waals surface area contributed by atoms with Crippen molar-refractivity contribution in [3.63, 3.8) is 0 Å². The van der Waals surface area contributed by atoms with Crippen molar-refractivity contribution in [3.8, 4) is 0 Å². The lowest BCUT2D eigenvalue weighted by molar-refractivity contribution is -0.120. The Kier molecular flexibility index (Phi) is 6.18. The molecule has 116 valence electrons. The van der Waals surface area contributed by atoms with Gasteiger partial charge in [0.25, 0.3) is 0 Å². The molecule has 0 aliphatic carbocycles. The van der Waals surface area contributed by atoms with Crippen LogP contribution in [0.5, 0.6) is 0 Å². The average Bonchev–Trinajstić information content (AvgIpc) is 2.72. The molecule has 0 radical (unpaired) electrons. The molecule has 0 bridgehead atoms. The summed E-state index contributed by atoms with van der Waals surface area (Å²) in [7, 11) is 0. The molecule has 1 fully saturated rings. The van der Waals surface area contributed by atoms with Crippen LogP contribution >= 0.6 is 34.8 Å². The molecule has 1 aromatic carbocycles. The van der Waals surface area contributed by atoms with Crippen molar-refractivity contribution < 1.29 is 4.79 Å². The number of halogens is 3. The van der Waals surface area contributed by atoms with E-state index < -0.39 is 0 Å². The molecule has 1 N–H and O–H groups in total. The summed E-state index contributed by atoms with van der Waals surface area (Å²) in [6.45, 7) is 3.85. The Morgan fingerprint density at radius 3 is 2.24 bits per heavy atom. The molecular weight excluding hydrogens is 331 g/mol. The maximum Gasteiger partial charge on any atom is 0.241 e. The molecular formula is C15H19Cl3N2O. The van der Waals surface area contributed by atoms with Crippen molar-refractivity contribution in [2.24, 2.45) is 0 Å². The quantitative estimate of drug-likeness (QED) is 0.791. The van der Waals surface area contributed by atoms with Crippen LogP contribution in [0, 0.1) is 0 Å². The number of rotatable bonds is 3. The van der Waals surface area contributed by atoms with Gasteiger partial charge in [0.15, 0.2) is 0 Å². The molecule has 6 heteroatoms. The lowest BCUT2D eigenvalue weighted by atomic mass is 10.2. The zero-order chi connectivity index (χ0) is 15.4. The Labute approximate surface area is 140 Å². The molecule has 1 unspecified atom stereocenters. The number of benzene rings is 1. The van der Waals surface area contributed by atoms with Crippen molar-refractivity contribution in [2.45, 2.75) is 38.6 Å². The fourth-order valence-electron chi connectivity index (χ4n) is 2.50. The van der Waals surface area contributed by atoms with Crippen molar-refractivity contribution >= 4 is 46.4 Å². The van der Waals surface area contributed by atoms with Crippen LogP contribution in [0.3, 0.4) is 0 Å². The lowest BCUT2D eigenvalue weighted by Crippen LogP contribution is -2.42. The van der Waals surface area contributed by atoms with Crippen LogP contribution in [0.4, 0.5) is 5.69 Å². The van der Waals surface area contributed by atoms with Gasteiger partial charge in [0.1, 0.15) is 0 Å². The van der Waals surface area contributed by atoms with Crippen molar-refractivity contribution in [2.75, 3.05) is 18.4 Å². The van der Waals surface area contributed by atoms with Gasteiger partial charge in [-0.3, -0.25) is 9.69 Å². The van der Waals surface area contributed by atoms with E-state index in [1.807, 2.05) is 6.92 Å². The molecule has 1 atom stereocenters. The normalized spacial score (nSPS) is 18.1. The molecule has 1 aliphatic rings. The highest BCUT2D eigenvalue weighted by Crippen LogP contribution is 2.32. The second-order valence-electron chi connectivity index (χ2n) is 5.36. The number of nitrogens with one attached hydrogen (secondary N) is 1. The van der Waals surface area contributed by atoms with Gasteiger partial charge < -0.3 is 5.32 Å². The third-order valence-electron chi connectivity index (χ3n) is 3.84. The molecule has 0 aromatic heterocycles. The van der Waals surface area contributed by atoms with E-state index in [-0.39, 0.29) is 11.9 Å². The van der Waals surface area contributed by atoms with E-state index in [1.54, 1.807) is 6.07 Å². The Hall–Kier alpha value is -0.480. The second-order valence-corrected chi connectivity index (χ2v) is 6.58. The average molecular weight is 350 g/mol. The van der Waals surface area contributed by atoms with E-state index in [0.717, 1.165) is 25.9 Å². The predicted octanol–water partition coefficient (Wildman–Crippen LogP) is 4.85. The van der Waals surface area contributed by atoms with Crippen LogP contribution < -0.4 is 5.32 Å². The Bertz CT molecular complexity index is 514. The van der Waals surface area contributed by atoms with Gasteiger partial charge in [-0.1, -0.05) is 47.6 Å². The van der Waals surface area contributed by atoms with Gasteiger partial charge in [0.05, 0.1) is 26.8 Å². The first-order valence-electron chi connectivity index (χ1n) is 7.18. The standard InChI is InChI=1S/C15H19Cl3N2O/c1-10(20-6-4-2-3-5-7-20)15(21)19-14-9-12(17)11(16)8-13(14)18/h8-10H,2-7H2,1H3,(H,19,21). The molecule has 1 amide bonds. The van der Waals surface area contributed by atoms with Crippen LogP contribution in [-0.4, -0.2) is 29.9 Å². The number of carbonyl (C=O) groups is 1. The third-order valence-corrected chi connectivity index (χ3v) is 4.87. The van der Waals surface area contributed by atoms with Gasteiger partial charge in [0, 0.05) is 0 Å². The molecule has 1 aromatic rings. The highest BCUT2D eigenvalue weighted by atomic mass is 35.5. The Morgan fingerprint density at radius 1 is 1.05 bits per heavy atom. The Morgan fingerprint density at radius 2 is 1.62 bits per heavy atom. The Balaban J connectivity index is 2.04. The zero-order valence-corrected chi connectivity index (χ0v) is 14.2. The summed E-state index contributed by atoms with van der Waals surface area (Å²) in [6, 6.07) is 2.94. The lowest BCUT2D eigenvalue weighted by Gasteiger charge is -2.26. The molecule has 21 heavy (non-hydrogen) atoms. The molecule has 0 saturated carbocycles. The molecule has 1 aliphatic heterocycles. The van der Waals surface area contributed by atoms with E-state index in [0.29, 0.717) is 20.8 Å². The fourth-order valence-corrected chi connectivity index (χ4v) is 3.10. The highest BCUT2D eigenvalue weighted by molar-refractivity contribution is 6.44. The summed E-state index contributed by atoms with van der Waals surface area (Å²) in [5.74, 6) is -0.0720. The summed E-state index contributed by atoms with van der Waals surface area (Å²) in [4.78, 5) is 14.6. The van der Waals surface area contributed by atoms with Crippen LogP contribution in [-0.2, 0) is 4.79 Å². The molecule has 1 heterocycles. The van der Waals surface area contributed by atoms with Crippen LogP contribution in [0.2, 0.25) is 15.1 Å². The first kappa shape index (κ1) is 16.9. The van der Waals surface area contributed by atoms with Gasteiger partial charge in [-0.25, -0.2) is 0 Å². The second kappa shape index (κ2) is 7.68. The number of likely N-dealkylation sites (tertiary alicyclic amines) is 1. The number of nitrogens with zero attached hydrogens (tertiary/aromatic N) is 1. The fraction of sp³-hybridized carbons (Fsp3) is 0.533. The molecule has 2 rings (SSSR count). The first-order chi connectivity index (χ1) is 9.99. The summed E-state index contributed by atoms with van der Waals surface area (Å²) in [5, 5.41) is 3.98. The van der Waals surface area contributed by atoms with Crippen LogP contribution in [0.1, 0.15) is 32.6 Å². The van der Waals surface area contributed by atoms with E-state index in [4.69, 9.17) is 34.8 Å². The van der Waals surface area contributed by atoms with Gasteiger partial charge in [-0.15, -0.1) is 0 Å². The number of anilines is 1. The highest BCUT2D eigenvalue weighted by Gasteiger charge is 2.22. The number of amides is 1. The van der Waals surface area contributed by atoms with Gasteiger partial charge in [-0.2, -0.15) is 0 Å². The SMILES string of the molecule is CC(C(=O)Nc1cc(Cl)c(Cl)cc1Cl)N1CCCCCC1. The summed E-state index contributed by atoms with van der Waals surface area (Å²) >= 11 is 17.9. The third kappa shape index (κ3) is 4.49. The number of hydrogen-bond acceptors (Lipinski definition) is 2. The minimum atomic E-state index is -0.186. The van der Waals surface area contributed by atoms with Gasteiger partial charge >= 0.3 is 0 Å². The van der Waals surface area contributed by atoms with Gasteiger partial charge in [0.2, 0.25) is 5.91 Å². The zero-order valence-electron chi connectivity index (χ0n) is 12.0. The van der Waals surface area contributed by atoms with E-state index >= 15 is 0 Å². The number of carbonyl (C=O) groups excluding carboxylic acids is 1. The number of hydrogen-bond donors (Lipinski definition) is 1. The minimum absolute atomic E-state index is 0.0720. The van der Waals surface area contributed by atoms with Crippen molar-refractivity contribution in [3.05, 3.63) is 27.2 Å². The smallest absolute Gasteiger partial charge is 0.241 e. The minimum Gasteiger partial charge on any atom is -0.323 e. The van der Waals surface area contributed by atoms with Gasteiger partial charge in [-0.05, 0) is 45.0 Å². The van der Waals surface area contributed by atoms with E-state index in [2.05, 4.69) is 10.2 Å². The molecule has 0 spiro atoms. The molecule has 3 nitrogen and oxygen atoms in total. The maximum absolute atomic E-state index is 12.4. The summed E-state index contributed by atoms with van der Waals surface area (Å²) < 4.78 is 0. The molecule has 1 saturated heterocycles. The summed E-state index contributed by atoms with van der Waals surface area (Å²) in [6.07, 6.45) is 4.77. The van der Waals surface area contributed by atoms with E-state index in [1.165, 1.54) is 18.9 Å².